The predicted molar refractivity (Wildman–Crippen MR) is 70.1 cm³/mol. The Bertz CT molecular complexity index is 604. The number of hydrogen-bond acceptors (Lipinski definition) is 3. The molecule has 1 aromatic carbocycles. The summed E-state index contributed by atoms with van der Waals surface area (Å²) >= 11 is 0. The number of hydrogen-bond donors (Lipinski definition) is 1. The van der Waals surface area contributed by atoms with E-state index in [-0.39, 0.29) is 30.8 Å². The van der Waals surface area contributed by atoms with Crippen molar-refractivity contribution < 1.29 is 22.7 Å². The van der Waals surface area contributed by atoms with Crippen molar-refractivity contribution in [1.29, 1.82) is 0 Å². The second-order valence-corrected chi connectivity index (χ2v) is 7.16. The molecule has 0 aliphatic carbocycles. The van der Waals surface area contributed by atoms with Crippen LogP contribution in [0.5, 0.6) is 0 Å². The molecular formula is C13H16FNO4S. The fraction of sp³-hybridized carbons (Fsp3) is 0.462. The zero-order valence-corrected chi connectivity index (χ0v) is 11.9. The van der Waals surface area contributed by atoms with Gasteiger partial charge < -0.3 is 5.11 Å². The maximum Gasteiger partial charge on any atom is 0.309 e. The predicted octanol–water partition coefficient (Wildman–Crippen LogP) is 1.70. The molecule has 2 rings (SSSR count). The highest BCUT2D eigenvalue weighted by Crippen LogP contribution is 2.33. The van der Waals surface area contributed by atoms with Gasteiger partial charge in [0, 0.05) is 13.1 Å². The topological polar surface area (TPSA) is 74.7 Å². The van der Waals surface area contributed by atoms with Crippen LogP contribution in [0, 0.1) is 11.2 Å². The highest BCUT2D eigenvalue weighted by molar-refractivity contribution is 7.89. The van der Waals surface area contributed by atoms with Crippen molar-refractivity contribution in [3.63, 3.8) is 0 Å². The number of nitrogens with zero attached hydrogens (tertiary/aromatic N) is 1. The molecule has 0 atom stereocenters. The van der Waals surface area contributed by atoms with Crippen LogP contribution in [0.3, 0.4) is 0 Å². The van der Waals surface area contributed by atoms with Gasteiger partial charge in [0.15, 0.2) is 0 Å². The monoisotopic (exact) mass is 301 g/mol. The van der Waals surface area contributed by atoms with E-state index < -0.39 is 27.2 Å². The number of carbonyl (C=O) groups is 1. The zero-order chi connectivity index (χ0) is 15.0. The average molecular weight is 301 g/mol. The molecule has 0 unspecified atom stereocenters. The van der Waals surface area contributed by atoms with Gasteiger partial charge in [-0.3, -0.25) is 4.79 Å². The lowest BCUT2D eigenvalue weighted by atomic mass is 9.81. The molecule has 0 radical (unpaired) electrons. The van der Waals surface area contributed by atoms with Gasteiger partial charge in [0.25, 0.3) is 0 Å². The molecule has 0 spiro atoms. The molecule has 0 aromatic heterocycles. The summed E-state index contributed by atoms with van der Waals surface area (Å²) in [7, 11) is -3.68. The number of carboxylic acids is 1. The largest absolute Gasteiger partial charge is 0.481 e. The maximum absolute atomic E-state index is 12.8. The van der Waals surface area contributed by atoms with Crippen molar-refractivity contribution in [2.75, 3.05) is 13.1 Å². The van der Waals surface area contributed by atoms with Gasteiger partial charge in [-0.2, -0.15) is 4.31 Å². The molecular weight excluding hydrogens is 285 g/mol. The second kappa shape index (κ2) is 5.14. The number of halogens is 1. The number of carboxylic acid groups (broad SMARTS) is 1. The molecule has 110 valence electrons. The van der Waals surface area contributed by atoms with E-state index in [0.29, 0.717) is 0 Å². The van der Waals surface area contributed by atoms with E-state index >= 15 is 0 Å². The van der Waals surface area contributed by atoms with Crippen molar-refractivity contribution >= 4 is 16.0 Å². The summed E-state index contributed by atoms with van der Waals surface area (Å²) in [6.45, 7) is 1.93. The third kappa shape index (κ3) is 2.69. The summed E-state index contributed by atoms with van der Waals surface area (Å²) in [6.07, 6.45) is 0.533. The summed E-state index contributed by atoms with van der Waals surface area (Å²) in [5.74, 6) is -1.41. The first kappa shape index (κ1) is 14.9. The van der Waals surface area contributed by atoms with Gasteiger partial charge >= 0.3 is 5.97 Å². The molecule has 1 aliphatic rings. The van der Waals surface area contributed by atoms with Crippen LogP contribution in [0.2, 0.25) is 0 Å². The Hall–Kier alpha value is -1.47. The number of sulfonamides is 1. The molecule has 0 bridgehead atoms. The Kier molecular flexibility index (Phi) is 3.84. The minimum atomic E-state index is -3.68. The molecule has 1 aromatic rings. The molecule has 5 nitrogen and oxygen atoms in total. The van der Waals surface area contributed by atoms with Gasteiger partial charge in [-0.15, -0.1) is 0 Å². The van der Waals surface area contributed by atoms with Crippen LogP contribution in [-0.4, -0.2) is 36.9 Å². The third-order valence-electron chi connectivity index (χ3n) is 3.79. The first-order valence-electron chi connectivity index (χ1n) is 6.25. The molecule has 7 heteroatoms. The van der Waals surface area contributed by atoms with Crippen molar-refractivity contribution in [3.05, 3.63) is 30.1 Å². The summed E-state index contributed by atoms with van der Waals surface area (Å²) in [4.78, 5) is 11.2. The smallest absolute Gasteiger partial charge is 0.309 e. The van der Waals surface area contributed by atoms with Gasteiger partial charge in [0.1, 0.15) is 5.82 Å². The third-order valence-corrected chi connectivity index (χ3v) is 5.71. The van der Waals surface area contributed by atoms with Crippen LogP contribution in [0.15, 0.2) is 29.2 Å². The molecule has 1 heterocycles. The van der Waals surface area contributed by atoms with Crippen LogP contribution in [0.1, 0.15) is 19.8 Å². The SMILES string of the molecule is CC1(C(=O)O)CCN(S(=O)(=O)c2ccc(F)cc2)CC1. The fourth-order valence-electron chi connectivity index (χ4n) is 2.19. The van der Waals surface area contributed by atoms with E-state index in [0.717, 1.165) is 12.1 Å². The summed E-state index contributed by atoms with van der Waals surface area (Å²) < 4.78 is 38.8. The standard InChI is InChI=1S/C13H16FNO4S/c1-13(12(16)17)6-8-15(9-7-13)20(18,19)11-4-2-10(14)3-5-11/h2-5H,6-9H2,1H3,(H,16,17). The normalized spacial score (nSPS) is 19.7. The average Bonchev–Trinajstić information content (AvgIpc) is 2.39. The van der Waals surface area contributed by atoms with Crippen molar-refractivity contribution in [3.8, 4) is 0 Å². The number of rotatable bonds is 3. The lowest BCUT2D eigenvalue weighted by Crippen LogP contribution is -2.45. The fourth-order valence-corrected chi connectivity index (χ4v) is 3.63. The van der Waals surface area contributed by atoms with E-state index in [2.05, 4.69) is 0 Å². The van der Waals surface area contributed by atoms with Crippen LogP contribution in [-0.2, 0) is 14.8 Å². The van der Waals surface area contributed by atoms with Crippen LogP contribution < -0.4 is 0 Å². The first-order valence-corrected chi connectivity index (χ1v) is 7.69. The van der Waals surface area contributed by atoms with Crippen molar-refractivity contribution in [2.24, 2.45) is 5.41 Å². The van der Waals surface area contributed by atoms with E-state index in [1.54, 1.807) is 6.92 Å². The van der Waals surface area contributed by atoms with Gasteiger partial charge in [0.2, 0.25) is 10.0 Å². The summed E-state index contributed by atoms with van der Waals surface area (Å²) in [6, 6.07) is 4.63. The first-order chi connectivity index (χ1) is 9.25. The quantitative estimate of drug-likeness (QED) is 0.922. The molecule has 0 amide bonds. The Balaban J connectivity index is 2.17. The highest BCUT2D eigenvalue weighted by atomic mass is 32.2. The lowest BCUT2D eigenvalue weighted by molar-refractivity contribution is -0.150. The molecule has 1 N–H and O–H groups in total. The molecule has 20 heavy (non-hydrogen) atoms. The van der Waals surface area contributed by atoms with Gasteiger partial charge in [-0.25, -0.2) is 12.8 Å². The molecule has 0 saturated carbocycles. The Morgan fingerprint density at radius 1 is 1.25 bits per heavy atom. The lowest BCUT2D eigenvalue weighted by Gasteiger charge is -2.35. The number of benzene rings is 1. The van der Waals surface area contributed by atoms with Crippen molar-refractivity contribution in [2.45, 2.75) is 24.7 Å². The van der Waals surface area contributed by atoms with Gasteiger partial charge in [-0.1, -0.05) is 0 Å². The molecule has 1 saturated heterocycles. The Labute approximate surface area is 117 Å². The Morgan fingerprint density at radius 3 is 2.20 bits per heavy atom. The molecule has 1 fully saturated rings. The summed E-state index contributed by atoms with van der Waals surface area (Å²) in [5, 5.41) is 9.12. The van der Waals surface area contributed by atoms with E-state index in [4.69, 9.17) is 5.11 Å². The second-order valence-electron chi connectivity index (χ2n) is 5.22. The van der Waals surface area contributed by atoms with Crippen LogP contribution >= 0.6 is 0 Å². The van der Waals surface area contributed by atoms with E-state index in [9.17, 15) is 17.6 Å². The van der Waals surface area contributed by atoms with Gasteiger partial charge in [0.05, 0.1) is 10.3 Å². The number of piperidine rings is 1. The minimum absolute atomic E-state index is 0.0258. The van der Waals surface area contributed by atoms with E-state index in [1.807, 2.05) is 0 Å². The van der Waals surface area contributed by atoms with Crippen molar-refractivity contribution in [1.82, 2.24) is 4.31 Å². The molecule has 1 aliphatic heterocycles. The zero-order valence-electron chi connectivity index (χ0n) is 11.0. The highest BCUT2D eigenvalue weighted by Gasteiger charge is 2.40. The number of aliphatic carboxylic acids is 1. The van der Waals surface area contributed by atoms with E-state index in [1.165, 1.54) is 16.4 Å². The maximum atomic E-state index is 12.8. The van der Waals surface area contributed by atoms with Crippen LogP contribution in [0.4, 0.5) is 4.39 Å². The van der Waals surface area contributed by atoms with Crippen LogP contribution in [0.25, 0.3) is 0 Å². The summed E-state index contributed by atoms with van der Waals surface area (Å²) in [5.41, 5.74) is -0.880. The van der Waals surface area contributed by atoms with Gasteiger partial charge in [-0.05, 0) is 44.0 Å². The minimum Gasteiger partial charge on any atom is -0.481 e. The Morgan fingerprint density at radius 2 is 1.75 bits per heavy atom.